The number of hydrogen-bond donors (Lipinski definition) is 0. The molecule has 3 saturated heterocycles. The summed E-state index contributed by atoms with van der Waals surface area (Å²) in [5.74, 6) is 0.337. The Labute approximate surface area is 167 Å². The molecule has 0 bridgehead atoms. The van der Waals surface area contributed by atoms with Crippen molar-refractivity contribution >= 4 is 15.9 Å². The highest BCUT2D eigenvalue weighted by Gasteiger charge is 2.32. The number of nitrogens with zero attached hydrogens (tertiary/aromatic N) is 4. The maximum absolute atomic E-state index is 12.9. The van der Waals surface area contributed by atoms with E-state index >= 15 is 0 Å². The van der Waals surface area contributed by atoms with Gasteiger partial charge in [-0.1, -0.05) is 6.42 Å². The van der Waals surface area contributed by atoms with E-state index in [1.807, 2.05) is 17.0 Å². The van der Waals surface area contributed by atoms with Gasteiger partial charge in [0.15, 0.2) is 0 Å². The first kappa shape index (κ1) is 19.8. The molecular formula is C20H30N4O3S. The third-order valence-corrected chi connectivity index (χ3v) is 7.80. The van der Waals surface area contributed by atoms with Gasteiger partial charge in [0.05, 0.1) is 11.8 Å². The Morgan fingerprint density at radius 2 is 1.82 bits per heavy atom. The average molecular weight is 407 g/mol. The van der Waals surface area contributed by atoms with E-state index in [4.69, 9.17) is 0 Å². The minimum atomic E-state index is -3.11. The van der Waals surface area contributed by atoms with E-state index in [2.05, 4.69) is 9.88 Å². The van der Waals surface area contributed by atoms with Crippen LogP contribution in [0.5, 0.6) is 0 Å². The van der Waals surface area contributed by atoms with Crippen LogP contribution in [-0.2, 0) is 10.0 Å². The van der Waals surface area contributed by atoms with E-state index in [0.29, 0.717) is 24.7 Å². The minimum absolute atomic E-state index is 0.0798. The molecule has 4 heterocycles. The van der Waals surface area contributed by atoms with E-state index in [9.17, 15) is 13.2 Å². The Kier molecular flexibility index (Phi) is 5.71. The molecule has 0 aromatic carbocycles. The smallest absolute Gasteiger partial charge is 0.255 e. The van der Waals surface area contributed by atoms with Crippen molar-refractivity contribution in [3.8, 4) is 0 Å². The number of amides is 1. The van der Waals surface area contributed by atoms with Crippen molar-refractivity contribution < 1.29 is 13.2 Å². The molecule has 7 nitrogen and oxygen atoms in total. The van der Waals surface area contributed by atoms with Crippen molar-refractivity contribution in [2.45, 2.75) is 44.1 Å². The largest absolute Gasteiger partial charge is 0.336 e. The fraction of sp³-hybridized carbons (Fsp3) is 0.700. The first-order valence-corrected chi connectivity index (χ1v) is 12.2. The van der Waals surface area contributed by atoms with Gasteiger partial charge in [0.2, 0.25) is 10.0 Å². The molecule has 28 heavy (non-hydrogen) atoms. The van der Waals surface area contributed by atoms with E-state index in [-0.39, 0.29) is 11.8 Å². The molecule has 3 fully saturated rings. The number of fused-ring (bicyclic) bond motifs is 1. The highest BCUT2D eigenvalue weighted by atomic mass is 32.2. The lowest BCUT2D eigenvalue weighted by atomic mass is 9.94. The van der Waals surface area contributed by atoms with Gasteiger partial charge in [-0.2, -0.15) is 0 Å². The summed E-state index contributed by atoms with van der Waals surface area (Å²) in [6, 6.07) is 4.35. The van der Waals surface area contributed by atoms with Crippen molar-refractivity contribution in [1.29, 1.82) is 0 Å². The van der Waals surface area contributed by atoms with E-state index < -0.39 is 10.0 Å². The number of piperazine rings is 1. The van der Waals surface area contributed by atoms with Gasteiger partial charge >= 0.3 is 0 Å². The van der Waals surface area contributed by atoms with E-state index in [1.165, 1.54) is 36.4 Å². The van der Waals surface area contributed by atoms with Crippen molar-refractivity contribution in [1.82, 2.24) is 19.1 Å². The van der Waals surface area contributed by atoms with Crippen LogP contribution >= 0.6 is 0 Å². The van der Waals surface area contributed by atoms with Gasteiger partial charge in [-0.25, -0.2) is 12.7 Å². The molecule has 0 aliphatic carbocycles. The van der Waals surface area contributed by atoms with Gasteiger partial charge in [0, 0.05) is 56.6 Å². The monoisotopic (exact) mass is 406 g/mol. The molecule has 3 aliphatic rings. The van der Waals surface area contributed by atoms with Gasteiger partial charge in [0.25, 0.3) is 5.91 Å². The normalized spacial score (nSPS) is 25.5. The number of sulfonamides is 1. The molecule has 1 atom stereocenters. The van der Waals surface area contributed by atoms with Gasteiger partial charge in [-0.15, -0.1) is 0 Å². The number of aromatic nitrogens is 1. The standard InChI is InChI=1S/C20H30N4O3S/c1-28(26,27)24-10-7-16(8-11-24)19-6-5-17(14-21-19)20(25)23-13-12-22-9-3-2-4-18(22)15-23/h5-6,14,16,18H,2-4,7-13,15H2,1H3/t18-/m1/s1. The van der Waals surface area contributed by atoms with Gasteiger partial charge < -0.3 is 4.90 Å². The predicted octanol–water partition coefficient (Wildman–Crippen LogP) is 1.53. The number of carbonyl (C=O) groups excluding carboxylic acids is 1. The molecule has 0 radical (unpaired) electrons. The lowest BCUT2D eigenvalue weighted by molar-refractivity contribution is 0.0372. The number of carbonyl (C=O) groups is 1. The van der Waals surface area contributed by atoms with Crippen LogP contribution in [0.4, 0.5) is 0 Å². The molecular weight excluding hydrogens is 376 g/mol. The third kappa shape index (κ3) is 4.23. The Hall–Kier alpha value is -1.51. The first-order valence-electron chi connectivity index (χ1n) is 10.4. The maximum Gasteiger partial charge on any atom is 0.255 e. The maximum atomic E-state index is 12.9. The Morgan fingerprint density at radius 1 is 1.04 bits per heavy atom. The summed E-state index contributed by atoms with van der Waals surface area (Å²) < 4.78 is 24.8. The second-order valence-electron chi connectivity index (χ2n) is 8.34. The summed E-state index contributed by atoms with van der Waals surface area (Å²) >= 11 is 0. The molecule has 0 unspecified atom stereocenters. The lowest BCUT2D eigenvalue weighted by Crippen LogP contribution is -2.56. The molecule has 0 N–H and O–H groups in total. The summed E-state index contributed by atoms with van der Waals surface area (Å²) in [5, 5.41) is 0. The molecule has 3 aliphatic heterocycles. The second-order valence-corrected chi connectivity index (χ2v) is 10.3. The molecule has 0 spiro atoms. The summed E-state index contributed by atoms with van der Waals surface area (Å²) in [6.45, 7) is 4.84. The Bertz CT molecular complexity index is 803. The quantitative estimate of drug-likeness (QED) is 0.761. The molecule has 1 aromatic heterocycles. The zero-order valence-electron chi connectivity index (χ0n) is 16.6. The fourth-order valence-electron chi connectivity index (χ4n) is 4.78. The van der Waals surface area contributed by atoms with Crippen molar-refractivity contribution in [3.05, 3.63) is 29.6 Å². The van der Waals surface area contributed by atoms with E-state index in [1.54, 1.807) is 6.20 Å². The SMILES string of the molecule is CS(=O)(=O)N1CCC(c2ccc(C(=O)N3CCN4CCCC[C@@H]4C3)cn2)CC1. The molecule has 1 aromatic rings. The van der Waals surface area contributed by atoms with Gasteiger partial charge in [-0.3, -0.25) is 14.7 Å². The summed E-state index contributed by atoms with van der Waals surface area (Å²) in [7, 11) is -3.11. The number of hydrogen-bond acceptors (Lipinski definition) is 5. The second kappa shape index (κ2) is 8.08. The topological polar surface area (TPSA) is 73.8 Å². The zero-order valence-corrected chi connectivity index (χ0v) is 17.4. The van der Waals surface area contributed by atoms with Crippen LogP contribution in [0, 0.1) is 0 Å². The predicted molar refractivity (Wildman–Crippen MR) is 108 cm³/mol. The van der Waals surface area contributed by atoms with Crippen molar-refractivity contribution in [3.63, 3.8) is 0 Å². The van der Waals surface area contributed by atoms with Crippen LogP contribution in [0.15, 0.2) is 18.3 Å². The molecule has 1 amide bonds. The fourth-order valence-corrected chi connectivity index (χ4v) is 5.65. The van der Waals surface area contributed by atoms with Crippen LogP contribution in [-0.4, -0.2) is 85.0 Å². The van der Waals surface area contributed by atoms with Crippen LogP contribution in [0.1, 0.15) is 54.1 Å². The first-order chi connectivity index (χ1) is 13.4. The summed E-state index contributed by atoms with van der Waals surface area (Å²) in [4.78, 5) is 22.0. The number of piperidine rings is 2. The minimum Gasteiger partial charge on any atom is -0.336 e. The van der Waals surface area contributed by atoms with Gasteiger partial charge in [0.1, 0.15) is 0 Å². The molecule has 0 saturated carbocycles. The Morgan fingerprint density at radius 3 is 2.50 bits per heavy atom. The summed E-state index contributed by atoms with van der Waals surface area (Å²) in [6.07, 6.45) is 8.24. The lowest BCUT2D eigenvalue weighted by Gasteiger charge is -2.44. The van der Waals surface area contributed by atoms with Crippen LogP contribution in [0.25, 0.3) is 0 Å². The Balaban J connectivity index is 1.36. The highest BCUT2D eigenvalue weighted by Crippen LogP contribution is 2.28. The van der Waals surface area contributed by atoms with Crippen molar-refractivity contribution in [2.24, 2.45) is 0 Å². The zero-order chi connectivity index (χ0) is 19.7. The van der Waals surface area contributed by atoms with E-state index in [0.717, 1.165) is 38.2 Å². The van der Waals surface area contributed by atoms with Crippen LogP contribution < -0.4 is 0 Å². The van der Waals surface area contributed by atoms with Gasteiger partial charge in [-0.05, 0) is 44.4 Å². The molecule has 154 valence electrons. The van der Waals surface area contributed by atoms with Crippen LogP contribution in [0.3, 0.4) is 0 Å². The molecule has 8 heteroatoms. The van der Waals surface area contributed by atoms with Crippen LogP contribution in [0.2, 0.25) is 0 Å². The third-order valence-electron chi connectivity index (χ3n) is 6.50. The number of rotatable bonds is 3. The molecule has 4 rings (SSSR count). The van der Waals surface area contributed by atoms with Crippen molar-refractivity contribution in [2.75, 3.05) is 45.5 Å². The average Bonchev–Trinajstić information content (AvgIpc) is 2.72. The highest BCUT2D eigenvalue weighted by molar-refractivity contribution is 7.88. The summed E-state index contributed by atoms with van der Waals surface area (Å²) in [5.41, 5.74) is 1.61. The number of pyridine rings is 1.